The number of thioether (sulfide) groups is 1. The van der Waals surface area contributed by atoms with Crippen molar-refractivity contribution in [1.82, 2.24) is 4.90 Å². The first-order valence-corrected chi connectivity index (χ1v) is 18.0. The zero-order valence-electron chi connectivity index (χ0n) is 28.9. The van der Waals surface area contributed by atoms with Gasteiger partial charge in [-0.3, -0.25) is 24.1 Å². The van der Waals surface area contributed by atoms with E-state index in [4.69, 9.17) is 29.4 Å². The van der Waals surface area contributed by atoms with Gasteiger partial charge in [0.15, 0.2) is 23.0 Å². The first-order valence-electron chi connectivity index (χ1n) is 17.0. The molecule has 6 atom stereocenters. The molecule has 4 aliphatic rings. The molecule has 3 aromatic carbocycles. The molecule has 15 heteroatoms. The smallest absolute Gasteiger partial charge is 0.310 e. The van der Waals surface area contributed by atoms with Crippen molar-refractivity contribution in [2.24, 2.45) is 17.6 Å². The number of methoxy groups -OCH3 is 2. The molecule has 0 saturated carbocycles. The second-order valence-corrected chi connectivity index (χ2v) is 14.5. The number of phenols is 1. The topological polar surface area (TPSA) is 188 Å². The van der Waals surface area contributed by atoms with Gasteiger partial charge in [0.05, 0.1) is 38.0 Å². The van der Waals surface area contributed by atoms with E-state index in [0.717, 1.165) is 21.7 Å². The van der Waals surface area contributed by atoms with Crippen LogP contribution in [-0.2, 0) is 23.9 Å². The van der Waals surface area contributed by atoms with Gasteiger partial charge in [0.1, 0.15) is 0 Å². The van der Waals surface area contributed by atoms with Gasteiger partial charge in [0, 0.05) is 54.4 Å². The average molecular weight is 733 g/mol. The van der Waals surface area contributed by atoms with Crippen LogP contribution < -0.4 is 35.3 Å². The number of phenolic OH excluding ortho intramolecular Hbond substituents is 1. The van der Waals surface area contributed by atoms with Crippen LogP contribution in [-0.4, -0.2) is 84.9 Å². The predicted octanol–water partition coefficient (Wildman–Crippen LogP) is 3.76. The number of imide groups is 1. The molecule has 1 aliphatic carbocycles. The molecular formula is C37H40N4O10S. The second-order valence-electron chi connectivity index (χ2n) is 13.3. The van der Waals surface area contributed by atoms with Gasteiger partial charge in [0.2, 0.25) is 30.3 Å². The van der Waals surface area contributed by atoms with Crippen LogP contribution in [0.4, 0.5) is 11.4 Å². The minimum Gasteiger partial charge on any atom is -0.502 e. The first kappa shape index (κ1) is 35.3. The SMILES string of the molecule is COc1cc([C@@H]2c3cc4c(cc3[C@@H](Nc3ccc(NC(=O)CCN5C(=O)CC(SC[C@@H](C)N)C5=O)cc3)[C@H]3COC(=O)[C@H]23)OCO4)cc(OC)c1O. The Kier molecular flexibility index (Phi) is 9.81. The van der Waals surface area contributed by atoms with Crippen LogP contribution in [0.25, 0.3) is 0 Å². The van der Waals surface area contributed by atoms with Gasteiger partial charge in [-0.15, -0.1) is 11.8 Å². The Morgan fingerprint density at radius 1 is 1.00 bits per heavy atom. The van der Waals surface area contributed by atoms with Gasteiger partial charge in [-0.2, -0.15) is 0 Å². The van der Waals surface area contributed by atoms with Crippen molar-refractivity contribution in [3.63, 3.8) is 0 Å². The number of rotatable bonds is 12. The number of amides is 3. The summed E-state index contributed by atoms with van der Waals surface area (Å²) >= 11 is 1.37. The van der Waals surface area contributed by atoms with Crippen molar-refractivity contribution < 1.29 is 48.0 Å². The summed E-state index contributed by atoms with van der Waals surface area (Å²) in [6.45, 7) is 2.10. The third kappa shape index (κ3) is 6.65. The van der Waals surface area contributed by atoms with E-state index in [0.29, 0.717) is 28.5 Å². The van der Waals surface area contributed by atoms with Crippen LogP contribution in [0.2, 0.25) is 0 Å². The molecule has 0 bridgehead atoms. The number of hydrogen-bond acceptors (Lipinski definition) is 13. The van der Waals surface area contributed by atoms with Gasteiger partial charge in [-0.1, -0.05) is 0 Å². The van der Waals surface area contributed by atoms with Crippen LogP contribution in [0.5, 0.6) is 28.7 Å². The van der Waals surface area contributed by atoms with Gasteiger partial charge in [-0.25, -0.2) is 0 Å². The van der Waals surface area contributed by atoms with Crippen LogP contribution >= 0.6 is 11.8 Å². The maximum absolute atomic E-state index is 13.5. The number of carbonyl (C=O) groups excluding carboxylic acids is 4. The van der Waals surface area contributed by atoms with E-state index in [1.807, 2.05) is 31.2 Å². The number of fused-ring (bicyclic) bond motifs is 3. The Morgan fingerprint density at radius 2 is 1.65 bits per heavy atom. The molecule has 14 nitrogen and oxygen atoms in total. The summed E-state index contributed by atoms with van der Waals surface area (Å²) in [6, 6.07) is 13.9. The van der Waals surface area contributed by atoms with Gasteiger partial charge in [-0.05, 0) is 72.1 Å². The Morgan fingerprint density at radius 3 is 2.31 bits per heavy atom. The summed E-state index contributed by atoms with van der Waals surface area (Å²) in [7, 11) is 2.90. The number of carbonyl (C=O) groups is 4. The molecule has 3 heterocycles. The minimum absolute atomic E-state index is 0.00592. The third-order valence-corrected chi connectivity index (χ3v) is 11.4. The number of benzene rings is 3. The molecule has 3 amide bonds. The molecule has 2 fully saturated rings. The molecule has 5 N–H and O–H groups in total. The number of hydrogen-bond donors (Lipinski definition) is 4. The summed E-state index contributed by atoms with van der Waals surface area (Å²) in [6.07, 6.45) is 0.0814. The number of ether oxygens (including phenoxy) is 5. The maximum Gasteiger partial charge on any atom is 0.310 e. The maximum atomic E-state index is 13.5. The van der Waals surface area contributed by atoms with Crippen LogP contribution in [0.3, 0.4) is 0 Å². The largest absolute Gasteiger partial charge is 0.502 e. The minimum atomic E-state index is -0.588. The van der Waals surface area contributed by atoms with Gasteiger partial charge >= 0.3 is 5.97 Å². The second kappa shape index (κ2) is 14.5. The number of cyclic esters (lactones) is 1. The average Bonchev–Trinajstić information content (AvgIpc) is 3.83. The number of esters is 1. The Bertz CT molecular complexity index is 1880. The summed E-state index contributed by atoms with van der Waals surface area (Å²) in [5.41, 5.74) is 9.50. The summed E-state index contributed by atoms with van der Waals surface area (Å²) in [5.74, 6) is -0.587. The normalized spacial score (nSPS) is 23.5. The molecule has 3 aliphatic heterocycles. The van der Waals surface area contributed by atoms with Crippen molar-refractivity contribution in [2.45, 2.75) is 43.0 Å². The molecule has 274 valence electrons. The lowest BCUT2D eigenvalue weighted by molar-refractivity contribution is -0.142. The molecule has 0 radical (unpaired) electrons. The molecule has 7 rings (SSSR count). The highest BCUT2D eigenvalue weighted by Gasteiger charge is 2.53. The van der Waals surface area contributed by atoms with Crippen molar-refractivity contribution in [1.29, 1.82) is 0 Å². The van der Waals surface area contributed by atoms with Gasteiger partial charge < -0.3 is 45.2 Å². The Labute approximate surface area is 304 Å². The standard InChI is InChI=1S/C37H40N4O10S/c1-18(38)16-52-29-14-31(43)41(36(29)45)9-8-30(42)39-20-4-6-21(7-5-20)40-34-23-13-26-25(50-17-51-26)12-22(23)32(33-24(34)15-49-37(33)46)19-10-27(47-2)35(44)28(11-19)48-3/h4-7,10-13,18,24,29,32-34,40,44H,8-9,14-17,38H2,1-3H3,(H,39,42)/t18-,24+,29?,32-,33+,34-/m1/s1. The Hall–Kier alpha value is -5.15. The summed E-state index contributed by atoms with van der Waals surface area (Å²) < 4.78 is 28.1. The van der Waals surface area contributed by atoms with E-state index >= 15 is 0 Å². The van der Waals surface area contributed by atoms with Crippen LogP contribution in [0.15, 0.2) is 48.5 Å². The number of nitrogens with two attached hydrogens (primary N) is 1. The van der Waals surface area contributed by atoms with E-state index in [-0.39, 0.29) is 91.7 Å². The number of nitrogens with one attached hydrogen (secondary N) is 2. The molecule has 1 unspecified atom stereocenters. The molecule has 0 spiro atoms. The highest BCUT2D eigenvalue weighted by molar-refractivity contribution is 8.00. The van der Waals surface area contributed by atoms with Crippen molar-refractivity contribution in [3.8, 4) is 28.7 Å². The van der Waals surface area contributed by atoms with Gasteiger partial charge in [0.25, 0.3) is 0 Å². The van der Waals surface area contributed by atoms with E-state index in [2.05, 4.69) is 10.6 Å². The number of nitrogens with zero attached hydrogens (tertiary/aromatic N) is 1. The fourth-order valence-corrected chi connectivity index (χ4v) is 8.46. The zero-order valence-corrected chi connectivity index (χ0v) is 29.7. The summed E-state index contributed by atoms with van der Waals surface area (Å²) in [4.78, 5) is 52.6. The lowest BCUT2D eigenvalue weighted by atomic mass is 9.65. The zero-order chi connectivity index (χ0) is 36.7. The highest BCUT2D eigenvalue weighted by Crippen LogP contribution is 2.56. The molecule has 3 aromatic rings. The lowest BCUT2D eigenvalue weighted by Crippen LogP contribution is -2.37. The lowest BCUT2D eigenvalue weighted by Gasteiger charge is -2.40. The first-order chi connectivity index (χ1) is 25.1. The predicted molar refractivity (Wildman–Crippen MR) is 191 cm³/mol. The van der Waals surface area contributed by atoms with Crippen LogP contribution in [0, 0.1) is 11.8 Å². The highest BCUT2D eigenvalue weighted by atomic mass is 32.2. The van der Waals surface area contributed by atoms with E-state index < -0.39 is 17.1 Å². The Balaban J connectivity index is 1.09. The molecule has 0 aromatic heterocycles. The van der Waals surface area contributed by atoms with E-state index in [1.54, 1.807) is 24.3 Å². The third-order valence-electron chi connectivity index (χ3n) is 9.86. The van der Waals surface area contributed by atoms with Crippen molar-refractivity contribution in [2.75, 3.05) is 50.6 Å². The number of likely N-dealkylation sites (tertiary alicyclic amines) is 1. The van der Waals surface area contributed by atoms with Crippen molar-refractivity contribution >= 4 is 46.8 Å². The summed E-state index contributed by atoms with van der Waals surface area (Å²) in [5, 5.41) is 16.6. The molecule has 52 heavy (non-hydrogen) atoms. The molecule has 2 saturated heterocycles. The number of anilines is 2. The number of aromatic hydroxyl groups is 1. The quantitative estimate of drug-likeness (QED) is 0.156. The van der Waals surface area contributed by atoms with E-state index in [1.165, 1.54) is 26.0 Å². The van der Waals surface area contributed by atoms with E-state index in [9.17, 15) is 24.3 Å². The monoisotopic (exact) mass is 732 g/mol. The molecular weight excluding hydrogens is 692 g/mol. The fourth-order valence-electron chi connectivity index (χ4n) is 7.39. The van der Waals surface area contributed by atoms with Crippen LogP contribution in [0.1, 0.15) is 48.4 Å². The van der Waals surface area contributed by atoms with Crippen molar-refractivity contribution in [3.05, 3.63) is 65.2 Å². The fraction of sp³-hybridized carbons (Fsp3) is 0.405.